The van der Waals surface area contributed by atoms with Crippen LogP contribution in [0, 0.1) is 5.92 Å². The van der Waals surface area contributed by atoms with Crippen molar-refractivity contribution in [3.63, 3.8) is 0 Å². The minimum Gasteiger partial charge on any atom is -0.497 e. The van der Waals surface area contributed by atoms with Gasteiger partial charge in [-0.25, -0.2) is 13.2 Å². The van der Waals surface area contributed by atoms with E-state index < -0.39 is 22.4 Å². The molecule has 154 valence electrons. The van der Waals surface area contributed by atoms with Crippen LogP contribution < -0.4 is 4.74 Å². The number of esters is 1. The maximum Gasteiger partial charge on any atom is 0.331 e. The maximum absolute atomic E-state index is 12.6. The van der Waals surface area contributed by atoms with Crippen LogP contribution in [0.3, 0.4) is 0 Å². The zero-order chi connectivity index (χ0) is 20.7. The Morgan fingerprint density at radius 1 is 1.32 bits per heavy atom. The highest BCUT2D eigenvalue weighted by Crippen LogP contribution is 2.19. The molecule has 1 aromatic rings. The van der Waals surface area contributed by atoms with Crippen LogP contribution in [0.2, 0.25) is 0 Å². The summed E-state index contributed by atoms with van der Waals surface area (Å²) in [5.41, 5.74) is 0.764. The summed E-state index contributed by atoms with van der Waals surface area (Å²) < 4.78 is 33.7. The van der Waals surface area contributed by atoms with Crippen LogP contribution in [0.5, 0.6) is 5.75 Å². The highest BCUT2D eigenvalue weighted by molar-refractivity contribution is 7.91. The van der Waals surface area contributed by atoms with E-state index in [9.17, 15) is 18.0 Å². The molecule has 0 spiro atoms. The normalized spacial score (nSPS) is 18.4. The second-order valence-corrected chi connectivity index (χ2v) is 9.44. The van der Waals surface area contributed by atoms with Crippen LogP contribution in [0.4, 0.5) is 0 Å². The lowest BCUT2D eigenvalue weighted by atomic mass is 10.1. The van der Waals surface area contributed by atoms with E-state index in [0.29, 0.717) is 18.7 Å². The standard InChI is InChI=1S/C20H27NO6S/c1-15(2)12-21(17-9-10-28(24,25)14-17)19(22)13-27-20(23)8-7-16-5-4-6-18(11-16)26-3/h4-8,11,15,17H,9-10,12-14H2,1-3H3/b8-7+/t17-/m0/s1. The third kappa shape index (κ3) is 6.67. The monoisotopic (exact) mass is 409 g/mol. The fourth-order valence-corrected chi connectivity index (χ4v) is 4.77. The number of methoxy groups -OCH3 is 1. The van der Waals surface area contributed by atoms with Crippen molar-refractivity contribution in [1.29, 1.82) is 0 Å². The lowest BCUT2D eigenvalue weighted by molar-refractivity contribution is -0.149. The molecule has 0 radical (unpaired) electrons. The number of nitrogens with zero attached hydrogens (tertiary/aromatic N) is 1. The van der Waals surface area contributed by atoms with Gasteiger partial charge < -0.3 is 14.4 Å². The molecule has 0 aromatic heterocycles. The lowest BCUT2D eigenvalue weighted by Gasteiger charge is -2.29. The molecule has 1 atom stereocenters. The highest BCUT2D eigenvalue weighted by Gasteiger charge is 2.35. The number of rotatable bonds is 8. The SMILES string of the molecule is COc1cccc(/C=C/C(=O)OCC(=O)N(CC(C)C)[C@H]2CCS(=O)(=O)C2)c1. The zero-order valence-corrected chi connectivity index (χ0v) is 17.3. The molecule has 0 saturated carbocycles. The molecule has 8 heteroatoms. The van der Waals surface area contributed by atoms with Crippen LogP contribution in [0.1, 0.15) is 25.8 Å². The van der Waals surface area contributed by atoms with Crippen molar-refractivity contribution >= 4 is 27.8 Å². The Labute approximate surface area is 166 Å². The topological polar surface area (TPSA) is 90.0 Å². The Morgan fingerprint density at radius 3 is 2.68 bits per heavy atom. The maximum atomic E-state index is 12.6. The van der Waals surface area contributed by atoms with Gasteiger partial charge in [-0.05, 0) is 36.1 Å². The molecule has 0 unspecified atom stereocenters. The minimum atomic E-state index is -3.11. The molecule has 1 aliphatic rings. The van der Waals surface area contributed by atoms with E-state index in [4.69, 9.17) is 9.47 Å². The molecular weight excluding hydrogens is 382 g/mol. The smallest absolute Gasteiger partial charge is 0.331 e. The number of hydrogen-bond acceptors (Lipinski definition) is 6. The van der Waals surface area contributed by atoms with Crippen LogP contribution in [-0.4, -0.2) is 63.0 Å². The van der Waals surface area contributed by atoms with Gasteiger partial charge >= 0.3 is 5.97 Å². The van der Waals surface area contributed by atoms with E-state index in [0.717, 1.165) is 5.56 Å². The Hall–Kier alpha value is -2.35. The predicted octanol–water partition coefficient (Wildman–Crippen LogP) is 1.92. The third-order valence-electron chi connectivity index (χ3n) is 4.37. The molecule has 1 aliphatic heterocycles. The van der Waals surface area contributed by atoms with Crippen molar-refractivity contribution in [1.82, 2.24) is 4.90 Å². The van der Waals surface area contributed by atoms with Gasteiger partial charge in [0, 0.05) is 18.7 Å². The average molecular weight is 410 g/mol. The first-order valence-electron chi connectivity index (χ1n) is 9.19. The van der Waals surface area contributed by atoms with Gasteiger partial charge in [0.15, 0.2) is 16.4 Å². The molecule has 0 N–H and O–H groups in total. The summed E-state index contributed by atoms with van der Waals surface area (Å²) in [6.07, 6.45) is 3.24. The van der Waals surface area contributed by atoms with Crippen molar-refractivity contribution in [3.8, 4) is 5.75 Å². The van der Waals surface area contributed by atoms with Gasteiger partial charge in [-0.1, -0.05) is 26.0 Å². The first-order chi connectivity index (χ1) is 13.2. The van der Waals surface area contributed by atoms with Crippen LogP contribution in [-0.2, 0) is 24.2 Å². The van der Waals surface area contributed by atoms with E-state index in [1.165, 1.54) is 11.0 Å². The number of carbonyl (C=O) groups excluding carboxylic acids is 2. The first kappa shape index (κ1) is 21.9. The number of hydrogen-bond donors (Lipinski definition) is 0. The molecule has 1 aromatic carbocycles. The molecule has 28 heavy (non-hydrogen) atoms. The molecule has 0 bridgehead atoms. The summed E-state index contributed by atoms with van der Waals surface area (Å²) in [6, 6.07) is 6.81. The number of sulfone groups is 1. The summed E-state index contributed by atoms with van der Waals surface area (Å²) in [4.78, 5) is 26.0. The Morgan fingerprint density at radius 2 is 2.07 bits per heavy atom. The fourth-order valence-electron chi connectivity index (χ4n) is 3.04. The summed E-state index contributed by atoms with van der Waals surface area (Å²) in [7, 11) is -1.55. The van der Waals surface area contributed by atoms with Crippen molar-refractivity contribution < 1.29 is 27.5 Å². The van der Waals surface area contributed by atoms with E-state index in [2.05, 4.69) is 0 Å². The van der Waals surface area contributed by atoms with Gasteiger partial charge in [0.05, 0.1) is 18.6 Å². The van der Waals surface area contributed by atoms with E-state index in [1.54, 1.807) is 31.4 Å². The number of amides is 1. The van der Waals surface area contributed by atoms with Crippen molar-refractivity contribution in [2.75, 3.05) is 31.8 Å². The molecule has 1 amide bonds. The Bertz CT molecular complexity index is 831. The van der Waals surface area contributed by atoms with Crippen molar-refractivity contribution in [2.24, 2.45) is 5.92 Å². The first-order valence-corrected chi connectivity index (χ1v) is 11.0. The van der Waals surface area contributed by atoms with Crippen molar-refractivity contribution in [3.05, 3.63) is 35.9 Å². The van der Waals surface area contributed by atoms with Gasteiger partial charge in [-0.3, -0.25) is 4.79 Å². The summed E-state index contributed by atoms with van der Waals surface area (Å²) in [6.45, 7) is 3.92. The van der Waals surface area contributed by atoms with Crippen molar-refractivity contribution in [2.45, 2.75) is 26.3 Å². The van der Waals surface area contributed by atoms with Crippen LogP contribution >= 0.6 is 0 Å². The minimum absolute atomic E-state index is 0.0326. The highest BCUT2D eigenvalue weighted by atomic mass is 32.2. The van der Waals surface area contributed by atoms with Gasteiger partial charge in [0.1, 0.15) is 5.75 Å². The largest absolute Gasteiger partial charge is 0.497 e. The average Bonchev–Trinajstić information content (AvgIpc) is 3.02. The number of carbonyl (C=O) groups is 2. The molecule has 1 saturated heterocycles. The van der Waals surface area contributed by atoms with E-state index >= 15 is 0 Å². The van der Waals surface area contributed by atoms with E-state index in [-0.39, 0.29) is 29.4 Å². The second kappa shape index (κ2) is 9.73. The molecule has 2 rings (SSSR count). The summed E-state index contributed by atoms with van der Waals surface area (Å²) in [5.74, 6) is -0.117. The molecular formula is C20H27NO6S. The number of benzene rings is 1. The zero-order valence-electron chi connectivity index (χ0n) is 16.5. The van der Waals surface area contributed by atoms with Gasteiger partial charge in [-0.15, -0.1) is 0 Å². The second-order valence-electron chi connectivity index (χ2n) is 7.21. The summed E-state index contributed by atoms with van der Waals surface area (Å²) in [5, 5.41) is 0. The molecule has 1 fully saturated rings. The van der Waals surface area contributed by atoms with Gasteiger partial charge in [0.25, 0.3) is 5.91 Å². The fraction of sp³-hybridized carbons (Fsp3) is 0.500. The van der Waals surface area contributed by atoms with E-state index in [1.807, 2.05) is 19.9 Å². The Kier molecular flexibility index (Phi) is 7.62. The quantitative estimate of drug-likeness (QED) is 0.481. The van der Waals surface area contributed by atoms with Gasteiger partial charge in [-0.2, -0.15) is 0 Å². The lowest BCUT2D eigenvalue weighted by Crippen LogP contribution is -2.45. The van der Waals surface area contributed by atoms with Crippen LogP contribution in [0.15, 0.2) is 30.3 Å². The Balaban J connectivity index is 1.93. The third-order valence-corrected chi connectivity index (χ3v) is 6.13. The summed E-state index contributed by atoms with van der Waals surface area (Å²) >= 11 is 0. The molecule has 1 heterocycles. The van der Waals surface area contributed by atoms with Gasteiger partial charge in [0.2, 0.25) is 0 Å². The molecule has 7 nitrogen and oxygen atoms in total. The predicted molar refractivity (Wildman–Crippen MR) is 107 cm³/mol. The molecule has 0 aliphatic carbocycles. The van der Waals surface area contributed by atoms with Crippen LogP contribution in [0.25, 0.3) is 6.08 Å². The number of ether oxygens (including phenoxy) is 2.